The number of primary sulfonamides is 1. The number of nitrogens with two attached hydrogens (primary N) is 1. The van der Waals surface area contributed by atoms with E-state index in [0.29, 0.717) is 6.54 Å². The van der Waals surface area contributed by atoms with E-state index in [4.69, 9.17) is 9.88 Å². The van der Waals surface area contributed by atoms with Crippen molar-refractivity contribution >= 4 is 16.0 Å². The summed E-state index contributed by atoms with van der Waals surface area (Å²) in [4.78, 5) is 6.77. The van der Waals surface area contributed by atoms with Gasteiger partial charge in [0, 0.05) is 39.5 Å². The number of piperidine rings is 1. The van der Waals surface area contributed by atoms with Crippen LogP contribution in [0.2, 0.25) is 0 Å². The molecule has 1 aliphatic heterocycles. The van der Waals surface area contributed by atoms with Gasteiger partial charge in [-0.2, -0.15) is 0 Å². The van der Waals surface area contributed by atoms with Gasteiger partial charge in [0.2, 0.25) is 10.0 Å². The summed E-state index contributed by atoms with van der Waals surface area (Å²) in [5.74, 6) is 1.80. The quantitative estimate of drug-likeness (QED) is 0.555. The summed E-state index contributed by atoms with van der Waals surface area (Å²) in [6.07, 6.45) is 2.89. The minimum Gasteiger partial charge on any atom is -0.490 e. The number of likely N-dealkylation sites (tertiary alicyclic amines) is 1. The van der Waals surface area contributed by atoms with E-state index in [2.05, 4.69) is 15.2 Å². The SMILES string of the molecule is CN=C(NCCc1ccc(S(N)(=O)=O)cc1)N1CCC(Oc2ccccc2)CC1. The number of aliphatic imine (C=N–C) groups is 1. The summed E-state index contributed by atoms with van der Waals surface area (Å²) in [5.41, 5.74) is 1.04. The van der Waals surface area contributed by atoms with Crippen LogP contribution in [0.25, 0.3) is 0 Å². The van der Waals surface area contributed by atoms with Crippen molar-refractivity contribution in [3.05, 3.63) is 60.2 Å². The molecule has 0 saturated carbocycles. The maximum atomic E-state index is 11.3. The van der Waals surface area contributed by atoms with E-state index >= 15 is 0 Å². The van der Waals surface area contributed by atoms with Crippen molar-refractivity contribution in [2.45, 2.75) is 30.3 Å². The standard InChI is InChI=1S/C21H28N4O3S/c1-23-21(24-14-11-17-7-9-20(10-8-17)29(22,26)27)25-15-12-19(13-16-25)28-18-5-3-2-4-6-18/h2-10,19H,11-16H2,1H3,(H,23,24)(H2,22,26,27). The van der Waals surface area contributed by atoms with Gasteiger partial charge in [-0.1, -0.05) is 30.3 Å². The Balaban J connectivity index is 1.44. The Morgan fingerprint density at radius 2 is 1.79 bits per heavy atom. The van der Waals surface area contributed by atoms with Crippen LogP contribution >= 0.6 is 0 Å². The number of rotatable bonds is 6. The molecule has 3 N–H and O–H groups in total. The summed E-state index contributed by atoms with van der Waals surface area (Å²) in [7, 11) is -1.86. The fourth-order valence-electron chi connectivity index (χ4n) is 3.37. The molecule has 7 nitrogen and oxygen atoms in total. The second-order valence-electron chi connectivity index (χ2n) is 7.03. The van der Waals surface area contributed by atoms with Crippen LogP contribution in [0, 0.1) is 0 Å². The number of hydrogen-bond donors (Lipinski definition) is 2. The molecule has 0 unspecified atom stereocenters. The zero-order valence-corrected chi connectivity index (χ0v) is 17.4. The lowest BCUT2D eigenvalue weighted by Crippen LogP contribution is -2.47. The average molecular weight is 417 g/mol. The van der Waals surface area contributed by atoms with Gasteiger partial charge in [-0.25, -0.2) is 13.6 Å². The van der Waals surface area contributed by atoms with E-state index in [-0.39, 0.29) is 11.0 Å². The number of sulfonamides is 1. The van der Waals surface area contributed by atoms with Crippen LogP contribution in [0.3, 0.4) is 0 Å². The van der Waals surface area contributed by atoms with E-state index in [1.807, 2.05) is 30.3 Å². The van der Waals surface area contributed by atoms with Crippen LogP contribution in [0.5, 0.6) is 5.75 Å². The fourth-order valence-corrected chi connectivity index (χ4v) is 3.89. The van der Waals surface area contributed by atoms with Crippen molar-refractivity contribution in [2.75, 3.05) is 26.7 Å². The van der Waals surface area contributed by atoms with Crippen LogP contribution in [0.4, 0.5) is 0 Å². The first-order chi connectivity index (χ1) is 14.0. The number of nitrogens with zero attached hydrogens (tertiary/aromatic N) is 2. The minimum atomic E-state index is -3.65. The third-order valence-electron chi connectivity index (χ3n) is 4.95. The lowest BCUT2D eigenvalue weighted by molar-refractivity contribution is 0.129. The highest BCUT2D eigenvalue weighted by Crippen LogP contribution is 2.18. The fraction of sp³-hybridized carbons (Fsp3) is 0.381. The molecule has 1 fully saturated rings. The monoisotopic (exact) mass is 416 g/mol. The number of hydrogen-bond acceptors (Lipinski definition) is 4. The van der Waals surface area contributed by atoms with Gasteiger partial charge in [0.15, 0.2) is 5.96 Å². The minimum absolute atomic E-state index is 0.130. The molecule has 1 aliphatic rings. The van der Waals surface area contributed by atoms with Crippen molar-refractivity contribution in [3.63, 3.8) is 0 Å². The van der Waals surface area contributed by atoms with E-state index in [0.717, 1.165) is 49.6 Å². The Kier molecular flexibility index (Phi) is 7.11. The Labute approximate surface area is 172 Å². The Morgan fingerprint density at radius 3 is 2.38 bits per heavy atom. The topological polar surface area (TPSA) is 97.0 Å². The highest BCUT2D eigenvalue weighted by molar-refractivity contribution is 7.89. The van der Waals surface area contributed by atoms with Crippen molar-refractivity contribution in [3.8, 4) is 5.75 Å². The van der Waals surface area contributed by atoms with E-state index in [9.17, 15) is 8.42 Å². The average Bonchev–Trinajstić information content (AvgIpc) is 2.72. The molecular formula is C21H28N4O3S. The Hall–Kier alpha value is -2.58. The van der Waals surface area contributed by atoms with Crippen LogP contribution in [-0.2, 0) is 16.4 Å². The van der Waals surface area contributed by atoms with Crippen molar-refractivity contribution in [1.82, 2.24) is 10.2 Å². The molecule has 0 aromatic heterocycles. The van der Waals surface area contributed by atoms with Gasteiger partial charge in [-0.3, -0.25) is 4.99 Å². The summed E-state index contributed by atoms with van der Waals surface area (Å²) in [6, 6.07) is 16.6. The maximum absolute atomic E-state index is 11.3. The smallest absolute Gasteiger partial charge is 0.238 e. The van der Waals surface area contributed by atoms with Gasteiger partial charge in [-0.15, -0.1) is 0 Å². The van der Waals surface area contributed by atoms with Crippen molar-refractivity contribution < 1.29 is 13.2 Å². The molecule has 0 aliphatic carbocycles. The lowest BCUT2D eigenvalue weighted by Gasteiger charge is -2.34. The van der Waals surface area contributed by atoms with Gasteiger partial charge in [-0.05, 0) is 36.2 Å². The highest BCUT2D eigenvalue weighted by atomic mass is 32.2. The number of nitrogens with one attached hydrogen (secondary N) is 1. The van der Waals surface area contributed by atoms with E-state index in [1.54, 1.807) is 19.2 Å². The predicted octanol–water partition coefficient (Wildman–Crippen LogP) is 2.00. The summed E-state index contributed by atoms with van der Waals surface area (Å²) < 4.78 is 28.7. The summed E-state index contributed by atoms with van der Waals surface area (Å²) in [6.45, 7) is 2.49. The first-order valence-corrected chi connectivity index (χ1v) is 11.3. The molecule has 0 amide bonds. The first-order valence-electron chi connectivity index (χ1n) is 9.75. The van der Waals surface area contributed by atoms with Gasteiger partial charge < -0.3 is 15.0 Å². The highest BCUT2D eigenvalue weighted by Gasteiger charge is 2.22. The third-order valence-corrected chi connectivity index (χ3v) is 5.88. The van der Waals surface area contributed by atoms with Crippen molar-refractivity contribution in [1.29, 1.82) is 0 Å². The first kappa shape index (κ1) is 21.1. The van der Waals surface area contributed by atoms with Gasteiger partial charge in [0.1, 0.15) is 11.9 Å². The van der Waals surface area contributed by atoms with Crippen LogP contribution < -0.4 is 15.2 Å². The van der Waals surface area contributed by atoms with E-state index in [1.165, 1.54) is 12.1 Å². The molecule has 3 rings (SSSR count). The largest absolute Gasteiger partial charge is 0.490 e. The molecule has 156 valence electrons. The van der Waals surface area contributed by atoms with Crippen LogP contribution in [0.15, 0.2) is 64.5 Å². The molecule has 1 heterocycles. The maximum Gasteiger partial charge on any atom is 0.238 e. The number of para-hydroxylation sites is 1. The molecule has 2 aromatic rings. The molecule has 29 heavy (non-hydrogen) atoms. The zero-order valence-electron chi connectivity index (χ0n) is 16.6. The lowest BCUT2D eigenvalue weighted by atomic mass is 10.1. The van der Waals surface area contributed by atoms with Crippen LogP contribution in [-0.4, -0.2) is 52.1 Å². The van der Waals surface area contributed by atoms with Gasteiger partial charge >= 0.3 is 0 Å². The zero-order chi connectivity index (χ0) is 20.7. The Bertz CT molecular complexity index is 907. The second kappa shape index (κ2) is 9.76. The molecular weight excluding hydrogens is 388 g/mol. The molecule has 0 atom stereocenters. The molecule has 1 saturated heterocycles. The Morgan fingerprint density at radius 1 is 1.14 bits per heavy atom. The molecule has 0 spiro atoms. The molecule has 2 aromatic carbocycles. The molecule has 0 radical (unpaired) electrons. The number of guanidine groups is 1. The second-order valence-corrected chi connectivity index (χ2v) is 8.59. The van der Waals surface area contributed by atoms with E-state index < -0.39 is 10.0 Å². The molecule has 0 bridgehead atoms. The predicted molar refractivity (Wildman–Crippen MR) is 115 cm³/mol. The normalized spacial score (nSPS) is 15.9. The van der Waals surface area contributed by atoms with Crippen molar-refractivity contribution in [2.24, 2.45) is 10.1 Å². The number of ether oxygens (including phenoxy) is 1. The van der Waals surface area contributed by atoms with Gasteiger partial charge in [0.05, 0.1) is 4.90 Å². The summed E-state index contributed by atoms with van der Waals surface area (Å²) >= 11 is 0. The summed E-state index contributed by atoms with van der Waals surface area (Å²) in [5, 5.41) is 8.52. The third kappa shape index (κ3) is 6.20. The number of benzene rings is 2. The van der Waals surface area contributed by atoms with Crippen LogP contribution in [0.1, 0.15) is 18.4 Å². The van der Waals surface area contributed by atoms with Gasteiger partial charge in [0.25, 0.3) is 0 Å². The molecule has 8 heteroatoms.